The van der Waals surface area contributed by atoms with Crippen LogP contribution in [-0.2, 0) is 24.2 Å². The Kier molecular flexibility index (Phi) is 5.67. The molecule has 3 heterocycles. The Morgan fingerprint density at radius 2 is 1.90 bits per heavy atom. The predicted octanol–water partition coefficient (Wildman–Crippen LogP) is 3.22. The third-order valence-electron chi connectivity index (χ3n) is 6.19. The van der Waals surface area contributed by atoms with Crippen LogP contribution in [0.15, 0.2) is 29.1 Å². The van der Waals surface area contributed by atoms with Crippen LogP contribution in [0.3, 0.4) is 0 Å². The second-order valence-electron chi connectivity index (χ2n) is 8.23. The van der Waals surface area contributed by atoms with Gasteiger partial charge in [-0.1, -0.05) is 35.1 Å². The standard InChI is InChI=1S/C22H24ClN5O2S/c23-16-7-5-14(6-8-16)13-24-19(29)15-9-11-27(12-10-15)22-26-28-20(30)17-3-1-2-4-18(17)25-21(28)31-22/h5-8,15H,1-4,9-13H2,(H,24,29). The summed E-state index contributed by atoms with van der Waals surface area (Å²) in [6, 6.07) is 7.50. The lowest BCUT2D eigenvalue weighted by Crippen LogP contribution is -2.40. The summed E-state index contributed by atoms with van der Waals surface area (Å²) in [5, 5.41) is 9.11. The maximum atomic E-state index is 12.8. The molecule has 0 bridgehead atoms. The van der Waals surface area contributed by atoms with E-state index in [0.717, 1.165) is 73.6 Å². The highest BCUT2D eigenvalue weighted by Gasteiger charge is 2.27. The van der Waals surface area contributed by atoms with Gasteiger partial charge in [-0.25, -0.2) is 4.98 Å². The first-order valence-corrected chi connectivity index (χ1v) is 12.0. The van der Waals surface area contributed by atoms with Crippen molar-refractivity contribution in [1.82, 2.24) is 19.9 Å². The van der Waals surface area contributed by atoms with Crippen LogP contribution < -0.4 is 15.8 Å². The molecule has 0 unspecified atom stereocenters. The van der Waals surface area contributed by atoms with Crippen LogP contribution in [0, 0.1) is 5.92 Å². The van der Waals surface area contributed by atoms with E-state index in [1.54, 1.807) is 0 Å². The number of halogens is 1. The summed E-state index contributed by atoms with van der Waals surface area (Å²) in [6.07, 6.45) is 5.34. The van der Waals surface area contributed by atoms with Gasteiger partial charge in [-0.05, 0) is 56.2 Å². The largest absolute Gasteiger partial charge is 0.352 e. The van der Waals surface area contributed by atoms with Crippen LogP contribution >= 0.6 is 22.9 Å². The molecule has 0 spiro atoms. The number of piperidine rings is 1. The van der Waals surface area contributed by atoms with Gasteiger partial charge in [0.05, 0.1) is 5.69 Å². The second-order valence-corrected chi connectivity index (χ2v) is 9.60. The average Bonchev–Trinajstić information content (AvgIpc) is 3.23. The molecule has 31 heavy (non-hydrogen) atoms. The smallest absolute Gasteiger partial charge is 0.278 e. The molecule has 1 aromatic carbocycles. The molecule has 162 valence electrons. The van der Waals surface area contributed by atoms with E-state index in [1.807, 2.05) is 24.3 Å². The maximum absolute atomic E-state index is 12.8. The molecule has 1 fully saturated rings. The normalized spacial score (nSPS) is 17.0. The van der Waals surface area contributed by atoms with Gasteiger partial charge < -0.3 is 10.2 Å². The van der Waals surface area contributed by atoms with Crippen molar-refractivity contribution in [3.05, 3.63) is 56.5 Å². The lowest BCUT2D eigenvalue weighted by atomic mass is 9.96. The quantitative estimate of drug-likeness (QED) is 0.650. The zero-order chi connectivity index (χ0) is 21.4. The van der Waals surface area contributed by atoms with Crippen molar-refractivity contribution in [3.8, 4) is 0 Å². The van der Waals surface area contributed by atoms with Crippen LogP contribution in [0.2, 0.25) is 5.02 Å². The van der Waals surface area contributed by atoms with Crippen molar-refractivity contribution >= 4 is 38.9 Å². The number of fused-ring (bicyclic) bond motifs is 2. The molecule has 2 aromatic heterocycles. The highest BCUT2D eigenvalue weighted by molar-refractivity contribution is 7.20. The number of nitrogens with one attached hydrogen (secondary N) is 1. The first-order chi connectivity index (χ1) is 15.1. The molecule has 2 aliphatic rings. The Balaban J connectivity index is 1.22. The van der Waals surface area contributed by atoms with Gasteiger partial charge in [-0.15, -0.1) is 5.10 Å². The number of rotatable bonds is 4. The highest BCUT2D eigenvalue weighted by atomic mass is 35.5. The van der Waals surface area contributed by atoms with Crippen LogP contribution in [0.1, 0.15) is 42.5 Å². The molecule has 0 atom stereocenters. The van der Waals surface area contributed by atoms with Gasteiger partial charge in [-0.3, -0.25) is 9.59 Å². The van der Waals surface area contributed by atoms with Crippen molar-refractivity contribution in [2.75, 3.05) is 18.0 Å². The van der Waals surface area contributed by atoms with E-state index in [-0.39, 0.29) is 17.4 Å². The molecule has 1 saturated heterocycles. The van der Waals surface area contributed by atoms with Crippen LogP contribution in [0.4, 0.5) is 5.13 Å². The second kappa shape index (κ2) is 8.59. The Bertz CT molecular complexity index is 1170. The van der Waals surface area contributed by atoms with Crippen molar-refractivity contribution in [2.45, 2.75) is 45.1 Å². The van der Waals surface area contributed by atoms with E-state index in [1.165, 1.54) is 15.9 Å². The van der Waals surface area contributed by atoms with Crippen molar-refractivity contribution in [1.29, 1.82) is 0 Å². The summed E-state index contributed by atoms with van der Waals surface area (Å²) in [4.78, 5) is 32.9. The minimum atomic E-state index is -0.0151. The van der Waals surface area contributed by atoms with E-state index >= 15 is 0 Å². The lowest BCUT2D eigenvalue weighted by Gasteiger charge is -2.30. The predicted molar refractivity (Wildman–Crippen MR) is 122 cm³/mol. The third-order valence-corrected chi connectivity index (χ3v) is 7.41. The minimum absolute atomic E-state index is 0.00825. The van der Waals surface area contributed by atoms with Crippen molar-refractivity contribution in [3.63, 3.8) is 0 Å². The van der Waals surface area contributed by atoms with Gasteiger partial charge in [0.1, 0.15) is 0 Å². The maximum Gasteiger partial charge on any atom is 0.278 e. The van der Waals surface area contributed by atoms with Crippen molar-refractivity contribution in [2.24, 2.45) is 5.92 Å². The van der Waals surface area contributed by atoms with Gasteiger partial charge in [-0.2, -0.15) is 4.52 Å². The summed E-state index contributed by atoms with van der Waals surface area (Å²) >= 11 is 7.37. The van der Waals surface area contributed by atoms with Gasteiger partial charge in [0.2, 0.25) is 16.0 Å². The number of aromatic nitrogens is 3. The fourth-order valence-electron chi connectivity index (χ4n) is 4.36. The van der Waals surface area contributed by atoms with E-state index < -0.39 is 0 Å². The molecule has 3 aromatic rings. The zero-order valence-corrected chi connectivity index (χ0v) is 18.7. The first kappa shape index (κ1) is 20.5. The number of carbonyl (C=O) groups excluding carboxylic acids is 1. The van der Waals surface area contributed by atoms with Crippen LogP contribution in [0.5, 0.6) is 0 Å². The number of carbonyl (C=O) groups is 1. The fourth-order valence-corrected chi connectivity index (χ4v) is 5.45. The Hall–Kier alpha value is -2.45. The summed E-state index contributed by atoms with van der Waals surface area (Å²) in [7, 11) is 0. The molecular weight excluding hydrogens is 434 g/mol. The number of nitrogens with zero attached hydrogens (tertiary/aromatic N) is 4. The monoisotopic (exact) mass is 457 g/mol. The van der Waals surface area contributed by atoms with E-state index in [4.69, 9.17) is 16.6 Å². The van der Waals surface area contributed by atoms with Crippen LogP contribution in [-0.4, -0.2) is 33.6 Å². The van der Waals surface area contributed by atoms with E-state index in [0.29, 0.717) is 16.5 Å². The summed E-state index contributed by atoms with van der Waals surface area (Å²) < 4.78 is 1.47. The SMILES string of the molecule is O=C(NCc1ccc(Cl)cc1)C1CCN(c2nn3c(=O)c4c(nc3s2)CCCC4)CC1. The number of aryl methyl sites for hydroxylation is 1. The zero-order valence-electron chi connectivity index (χ0n) is 17.1. The topological polar surface area (TPSA) is 79.6 Å². The molecule has 1 aliphatic carbocycles. The van der Waals surface area contributed by atoms with Gasteiger partial charge in [0, 0.05) is 36.1 Å². The molecule has 7 nitrogen and oxygen atoms in total. The first-order valence-electron chi connectivity index (χ1n) is 10.8. The third kappa shape index (κ3) is 4.19. The summed E-state index contributed by atoms with van der Waals surface area (Å²) in [5.41, 5.74) is 2.79. The fraction of sp³-hybridized carbons (Fsp3) is 0.455. The number of hydrogen-bond donors (Lipinski definition) is 1. The number of anilines is 1. The molecule has 1 aliphatic heterocycles. The summed E-state index contributed by atoms with van der Waals surface area (Å²) in [5.74, 6) is 0.0792. The highest BCUT2D eigenvalue weighted by Crippen LogP contribution is 2.28. The van der Waals surface area contributed by atoms with E-state index in [9.17, 15) is 9.59 Å². The molecule has 5 rings (SSSR count). The number of hydrogen-bond acceptors (Lipinski definition) is 6. The van der Waals surface area contributed by atoms with Gasteiger partial charge >= 0.3 is 0 Å². The van der Waals surface area contributed by atoms with Crippen molar-refractivity contribution < 1.29 is 4.79 Å². The minimum Gasteiger partial charge on any atom is -0.352 e. The van der Waals surface area contributed by atoms with Gasteiger partial charge in [0.15, 0.2) is 0 Å². The molecule has 0 radical (unpaired) electrons. The van der Waals surface area contributed by atoms with E-state index in [2.05, 4.69) is 15.3 Å². The number of benzene rings is 1. The molecule has 9 heteroatoms. The molecule has 1 amide bonds. The Morgan fingerprint density at radius 3 is 2.68 bits per heavy atom. The Labute approximate surface area is 189 Å². The number of amides is 1. The summed E-state index contributed by atoms with van der Waals surface area (Å²) in [6.45, 7) is 1.99. The Morgan fingerprint density at radius 1 is 1.16 bits per heavy atom. The molecular formula is C22H24ClN5O2S. The van der Waals surface area contributed by atoms with Crippen LogP contribution in [0.25, 0.3) is 4.96 Å². The average molecular weight is 458 g/mol. The molecule has 1 N–H and O–H groups in total. The van der Waals surface area contributed by atoms with Gasteiger partial charge in [0.25, 0.3) is 5.56 Å². The molecule has 0 saturated carbocycles. The lowest BCUT2D eigenvalue weighted by molar-refractivity contribution is -0.125.